The number of nitro groups is 1. The molecule has 8 rings (SSSR count). The van der Waals surface area contributed by atoms with Crippen molar-refractivity contribution in [2.75, 3.05) is 4.90 Å². The zero-order valence-electron chi connectivity index (χ0n) is 26.3. The van der Waals surface area contributed by atoms with Crippen LogP contribution in [0.1, 0.15) is 33.4 Å². The van der Waals surface area contributed by atoms with Gasteiger partial charge in [-0.2, -0.15) is 0 Å². The molecule has 3 aliphatic rings. The van der Waals surface area contributed by atoms with Gasteiger partial charge in [0.15, 0.2) is 5.78 Å². The molecule has 1 saturated heterocycles. The summed E-state index contributed by atoms with van der Waals surface area (Å²) in [6.45, 7) is 3.55. The summed E-state index contributed by atoms with van der Waals surface area (Å²) >= 11 is 0. The number of imide groups is 1. The lowest BCUT2D eigenvalue weighted by molar-refractivity contribution is -0.384. The Balaban J connectivity index is 1.55. The van der Waals surface area contributed by atoms with Gasteiger partial charge in [0.2, 0.25) is 11.8 Å². The highest BCUT2D eigenvalue weighted by Crippen LogP contribution is 2.74. The van der Waals surface area contributed by atoms with E-state index < -0.39 is 39.4 Å². The van der Waals surface area contributed by atoms with Gasteiger partial charge < -0.3 is 0 Å². The fourth-order valence-electron chi connectivity index (χ4n) is 8.68. The van der Waals surface area contributed by atoms with Crippen molar-refractivity contribution >= 4 is 40.1 Å². The molecule has 0 unspecified atom stereocenters. The standard InChI is InChI=1S/C41H30N2O5/c1-25-23-31(32(43(47)48)24-26(25)2)42-37(44)35-36(38(42)45)41(30-21-13-6-14-22-30)34(28-17-9-4-10-18-28)33(27-15-7-3-8-16-27)40(35,39(41)46)29-19-11-5-12-20-29/h3-24,35-36H,1-2H3/t35-,36-,40+,41+/m1/s1. The highest BCUT2D eigenvalue weighted by molar-refractivity contribution is 6.39. The normalized spacial score (nSPS) is 24.4. The number of benzene rings is 5. The Kier molecular flexibility index (Phi) is 6.47. The first kappa shape index (κ1) is 29.5. The van der Waals surface area contributed by atoms with E-state index in [4.69, 9.17) is 0 Å². The molecule has 0 aromatic heterocycles. The van der Waals surface area contributed by atoms with Crippen LogP contribution < -0.4 is 4.90 Å². The molecule has 2 aliphatic carbocycles. The molecule has 7 heteroatoms. The average Bonchev–Trinajstić information content (AvgIpc) is 3.62. The van der Waals surface area contributed by atoms with Crippen LogP contribution in [-0.2, 0) is 25.2 Å². The maximum absolute atomic E-state index is 15.9. The maximum Gasteiger partial charge on any atom is 0.293 e. The highest BCUT2D eigenvalue weighted by atomic mass is 16.6. The number of Topliss-reactive ketones (excluding diaryl/α,β-unsaturated/α-hetero) is 1. The Morgan fingerprint density at radius 1 is 0.583 bits per heavy atom. The van der Waals surface area contributed by atoms with Gasteiger partial charge in [0.1, 0.15) is 5.69 Å². The van der Waals surface area contributed by atoms with Gasteiger partial charge in [0.25, 0.3) is 5.69 Å². The van der Waals surface area contributed by atoms with Crippen LogP contribution in [0.2, 0.25) is 0 Å². The molecule has 2 amide bonds. The summed E-state index contributed by atoms with van der Waals surface area (Å²) in [6, 6.07) is 40.6. The van der Waals surface area contributed by atoms with Gasteiger partial charge in [-0.1, -0.05) is 121 Å². The summed E-state index contributed by atoms with van der Waals surface area (Å²) in [4.78, 5) is 59.2. The number of nitrogens with zero attached hydrogens (tertiary/aromatic N) is 2. The first-order chi connectivity index (χ1) is 23.2. The van der Waals surface area contributed by atoms with Gasteiger partial charge in [-0.3, -0.25) is 24.5 Å². The van der Waals surface area contributed by atoms with Crippen molar-refractivity contribution in [3.05, 3.63) is 177 Å². The maximum atomic E-state index is 15.9. The van der Waals surface area contributed by atoms with Gasteiger partial charge in [0.05, 0.1) is 27.6 Å². The number of hydrogen-bond donors (Lipinski definition) is 0. The molecule has 5 aromatic carbocycles. The molecule has 1 aliphatic heterocycles. The van der Waals surface area contributed by atoms with E-state index in [0.29, 0.717) is 33.4 Å². The monoisotopic (exact) mass is 630 g/mol. The predicted octanol–water partition coefficient (Wildman–Crippen LogP) is 7.40. The number of fused-ring (bicyclic) bond motifs is 5. The minimum absolute atomic E-state index is 0.0757. The van der Waals surface area contributed by atoms with Crippen LogP contribution in [0, 0.1) is 35.8 Å². The summed E-state index contributed by atoms with van der Waals surface area (Å²) in [5.74, 6) is -3.80. The van der Waals surface area contributed by atoms with E-state index in [1.54, 1.807) is 19.9 Å². The number of carbonyl (C=O) groups excluding carboxylic acids is 3. The van der Waals surface area contributed by atoms with E-state index in [2.05, 4.69) is 0 Å². The van der Waals surface area contributed by atoms with Crippen molar-refractivity contribution in [2.45, 2.75) is 24.7 Å². The molecule has 1 heterocycles. The third-order valence-electron chi connectivity index (χ3n) is 10.6. The first-order valence-corrected chi connectivity index (χ1v) is 15.9. The van der Waals surface area contributed by atoms with Crippen molar-refractivity contribution in [2.24, 2.45) is 11.8 Å². The van der Waals surface area contributed by atoms with Crippen molar-refractivity contribution < 1.29 is 19.3 Å². The molecule has 48 heavy (non-hydrogen) atoms. The van der Waals surface area contributed by atoms with E-state index >= 15 is 14.4 Å². The zero-order valence-corrected chi connectivity index (χ0v) is 26.3. The molecule has 4 atom stereocenters. The van der Waals surface area contributed by atoms with Crippen molar-refractivity contribution in [1.82, 2.24) is 0 Å². The lowest BCUT2D eigenvalue weighted by atomic mass is 9.59. The van der Waals surface area contributed by atoms with Crippen molar-refractivity contribution in [1.29, 1.82) is 0 Å². The Bertz CT molecular complexity index is 2080. The largest absolute Gasteiger partial charge is 0.297 e. The van der Waals surface area contributed by atoms with E-state index in [0.717, 1.165) is 16.0 Å². The van der Waals surface area contributed by atoms with Crippen LogP contribution >= 0.6 is 0 Å². The van der Waals surface area contributed by atoms with Gasteiger partial charge in [-0.25, -0.2) is 4.90 Å². The van der Waals surface area contributed by atoms with Crippen LogP contribution in [-0.4, -0.2) is 22.5 Å². The Labute approximate surface area is 277 Å². The predicted molar refractivity (Wildman–Crippen MR) is 183 cm³/mol. The van der Waals surface area contributed by atoms with E-state index in [1.165, 1.54) is 6.07 Å². The van der Waals surface area contributed by atoms with Crippen LogP contribution in [0.15, 0.2) is 133 Å². The molecule has 0 N–H and O–H groups in total. The summed E-state index contributed by atoms with van der Waals surface area (Å²) in [6.07, 6.45) is 0. The minimum atomic E-state index is -1.58. The fourth-order valence-corrected chi connectivity index (χ4v) is 8.68. The van der Waals surface area contributed by atoms with Gasteiger partial charge in [0, 0.05) is 6.07 Å². The summed E-state index contributed by atoms with van der Waals surface area (Å²) in [5, 5.41) is 12.4. The molecule has 0 radical (unpaired) electrons. The number of hydrogen-bond acceptors (Lipinski definition) is 5. The van der Waals surface area contributed by atoms with Crippen LogP contribution in [0.5, 0.6) is 0 Å². The quantitative estimate of drug-likeness (QED) is 0.111. The van der Waals surface area contributed by atoms with Crippen molar-refractivity contribution in [3.63, 3.8) is 0 Å². The van der Waals surface area contributed by atoms with Crippen LogP contribution in [0.25, 0.3) is 11.1 Å². The second-order valence-electron chi connectivity index (χ2n) is 12.8. The summed E-state index contributed by atoms with van der Waals surface area (Å²) in [7, 11) is 0. The smallest absolute Gasteiger partial charge is 0.293 e. The topological polar surface area (TPSA) is 97.6 Å². The summed E-state index contributed by atoms with van der Waals surface area (Å²) in [5.41, 5.74) is 1.89. The zero-order chi connectivity index (χ0) is 33.4. The first-order valence-electron chi connectivity index (χ1n) is 15.9. The number of carbonyl (C=O) groups is 3. The molecule has 2 bridgehead atoms. The molecule has 5 aromatic rings. The Morgan fingerprint density at radius 2 is 0.958 bits per heavy atom. The van der Waals surface area contributed by atoms with E-state index in [1.807, 2.05) is 121 Å². The fraction of sp³-hybridized carbons (Fsp3) is 0.146. The van der Waals surface area contributed by atoms with E-state index in [-0.39, 0.29) is 17.2 Å². The lowest BCUT2D eigenvalue weighted by Crippen LogP contribution is -2.45. The van der Waals surface area contributed by atoms with Crippen molar-refractivity contribution in [3.8, 4) is 0 Å². The van der Waals surface area contributed by atoms with Gasteiger partial charge in [-0.05, 0) is 64.4 Å². The second kappa shape index (κ2) is 10.5. The second-order valence-corrected chi connectivity index (χ2v) is 12.8. The number of nitro benzene ring substituents is 1. The summed E-state index contributed by atoms with van der Waals surface area (Å²) < 4.78 is 0. The minimum Gasteiger partial charge on any atom is -0.297 e. The molecule has 0 spiro atoms. The van der Waals surface area contributed by atoms with Gasteiger partial charge in [-0.15, -0.1) is 0 Å². The van der Waals surface area contributed by atoms with E-state index in [9.17, 15) is 10.1 Å². The van der Waals surface area contributed by atoms with Crippen LogP contribution in [0.3, 0.4) is 0 Å². The number of aryl methyl sites for hydroxylation is 2. The number of amides is 2. The molecule has 234 valence electrons. The molecular weight excluding hydrogens is 600 g/mol. The molecule has 7 nitrogen and oxygen atoms in total. The number of allylic oxidation sites excluding steroid dienone is 2. The molecular formula is C41H30N2O5. The average molecular weight is 631 g/mol. The lowest BCUT2D eigenvalue weighted by Gasteiger charge is -2.39. The third-order valence-corrected chi connectivity index (χ3v) is 10.6. The molecule has 1 saturated carbocycles. The number of rotatable bonds is 6. The highest BCUT2D eigenvalue weighted by Gasteiger charge is 2.83. The molecule has 2 fully saturated rings. The Hall–Kier alpha value is -5.95. The number of ketones is 1. The third kappa shape index (κ3) is 3.61. The Morgan fingerprint density at radius 3 is 1.35 bits per heavy atom. The van der Waals surface area contributed by atoms with Gasteiger partial charge >= 0.3 is 0 Å². The number of anilines is 1. The van der Waals surface area contributed by atoms with Crippen LogP contribution in [0.4, 0.5) is 11.4 Å². The SMILES string of the molecule is Cc1cc(N2C(=O)[C@H]3[C@H](C2=O)[C@@]2(c4ccccc4)C(=O)[C@@]3(c3ccccc3)C(c3ccccc3)=C2c2ccccc2)c([N+](=O)[O-])cc1C.